The second kappa shape index (κ2) is 6.68. The maximum atomic E-state index is 8.75. The van der Waals surface area contributed by atoms with Crippen molar-refractivity contribution in [2.45, 2.75) is 38.5 Å². The molecular formula is C11H20N4O2. The molecule has 1 fully saturated rings. The summed E-state index contributed by atoms with van der Waals surface area (Å²) in [6, 6.07) is 0. The molecule has 1 unspecified atom stereocenters. The molecule has 6 heteroatoms. The highest BCUT2D eigenvalue weighted by atomic mass is 16.5. The van der Waals surface area contributed by atoms with Gasteiger partial charge in [0.1, 0.15) is 0 Å². The van der Waals surface area contributed by atoms with E-state index in [1.807, 2.05) is 6.20 Å². The fraction of sp³-hybridized carbons (Fsp3) is 0.818. The van der Waals surface area contributed by atoms with Crippen LogP contribution in [0.5, 0.6) is 0 Å². The molecule has 2 rings (SSSR count). The number of aromatic nitrogens is 3. The van der Waals surface area contributed by atoms with E-state index in [1.165, 1.54) is 12.8 Å². The molecule has 1 atom stereocenters. The summed E-state index contributed by atoms with van der Waals surface area (Å²) < 4.78 is 7.19. The van der Waals surface area contributed by atoms with Gasteiger partial charge in [0.15, 0.2) is 0 Å². The molecule has 0 aliphatic carbocycles. The average Bonchev–Trinajstić information content (AvgIpc) is 2.96. The van der Waals surface area contributed by atoms with Crippen molar-refractivity contribution in [2.24, 2.45) is 0 Å². The van der Waals surface area contributed by atoms with Gasteiger partial charge in [0.25, 0.3) is 0 Å². The van der Waals surface area contributed by atoms with Crippen molar-refractivity contribution in [1.82, 2.24) is 20.3 Å². The highest BCUT2D eigenvalue weighted by Crippen LogP contribution is 2.14. The maximum Gasteiger partial charge on any atom is 0.0964 e. The van der Waals surface area contributed by atoms with Gasteiger partial charge in [-0.1, -0.05) is 5.21 Å². The number of hydrogen-bond donors (Lipinski definition) is 2. The van der Waals surface area contributed by atoms with Crippen LogP contribution in [0.1, 0.15) is 25.0 Å². The Balaban J connectivity index is 1.60. The molecule has 0 amide bonds. The predicted molar refractivity (Wildman–Crippen MR) is 62.4 cm³/mol. The summed E-state index contributed by atoms with van der Waals surface area (Å²) in [4.78, 5) is 0. The molecule has 6 nitrogen and oxygen atoms in total. The Morgan fingerprint density at radius 2 is 2.53 bits per heavy atom. The smallest absolute Gasteiger partial charge is 0.0964 e. The third-order valence-corrected chi connectivity index (χ3v) is 2.89. The Morgan fingerprint density at radius 1 is 1.59 bits per heavy atom. The highest BCUT2D eigenvalue weighted by Gasteiger charge is 2.14. The summed E-state index contributed by atoms with van der Waals surface area (Å²) in [5.74, 6) is 0. The Kier molecular flexibility index (Phi) is 4.90. The molecule has 0 saturated carbocycles. The van der Waals surface area contributed by atoms with Crippen LogP contribution in [0.15, 0.2) is 6.20 Å². The standard InChI is InChI=1S/C11H20N4O2/c16-6-5-15-9-10(13-14-15)8-12-4-3-11-2-1-7-17-11/h9,11-12,16H,1-8H2. The summed E-state index contributed by atoms with van der Waals surface area (Å²) in [6.07, 6.45) is 5.74. The summed E-state index contributed by atoms with van der Waals surface area (Å²) in [5.41, 5.74) is 0.908. The third-order valence-electron chi connectivity index (χ3n) is 2.89. The Hall–Kier alpha value is -0.980. The van der Waals surface area contributed by atoms with E-state index < -0.39 is 0 Å². The first-order chi connectivity index (χ1) is 8.38. The number of ether oxygens (including phenoxy) is 1. The van der Waals surface area contributed by atoms with E-state index in [1.54, 1.807) is 4.68 Å². The Bertz CT molecular complexity index is 323. The molecule has 1 aliphatic rings. The Morgan fingerprint density at radius 3 is 3.29 bits per heavy atom. The first-order valence-corrected chi connectivity index (χ1v) is 6.20. The SMILES string of the molecule is OCCn1cc(CNCCC2CCCO2)nn1. The van der Waals surface area contributed by atoms with Gasteiger partial charge in [-0.3, -0.25) is 0 Å². The zero-order valence-corrected chi connectivity index (χ0v) is 10.0. The second-order valence-corrected chi connectivity index (χ2v) is 4.30. The van der Waals surface area contributed by atoms with Crippen molar-refractivity contribution in [3.63, 3.8) is 0 Å². The lowest BCUT2D eigenvalue weighted by Gasteiger charge is -2.08. The second-order valence-electron chi connectivity index (χ2n) is 4.30. The van der Waals surface area contributed by atoms with E-state index in [4.69, 9.17) is 9.84 Å². The molecule has 17 heavy (non-hydrogen) atoms. The summed E-state index contributed by atoms with van der Waals surface area (Å²) in [6.45, 7) is 3.17. The highest BCUT2D eigenvalue weighted by molar-refractivity contribution is 4.91. The quantitative estimate of drug-likeness (QED) is 0.653. The fourth-order valence-electron chi connectivity index (χ4n) is 1.98. The van der Waals surface area contributed by atoms with Gasteiger partial charge in [-0.05, 0) is 25.8 Å². The number of aliphatic hydroxyl groups excluding tert-OH is 1. The van der Waals surface area contributed by atoms with E-state index in [0.717, 1.165) is 31.8 Å². The molecule has 2 N–H and O–H groups in total. The average molecular weight is 240 g/mol. The molecule has 1 saturated heterocycles. The van der Waals surface area contributed by atoms with Crippen molar-refractivity contribution >= 4 is 0 Å². The van der Waals surface area contributed by atoms with E-state index in [-0.39, 0.29) is 6.61 Å². The number of nitrogens with one attached hydrogen (secondary N) is 1. The van der Waals surface area contributed by atoms with Gasteiger partial charge in [-0.2, -0.15) is 0 Å². The normalized spacial score (nSPS) is 19.9. The van der Waals surface area contributed by atoms with Gasteiger partial charge in [-0.25, -0.2) is 4.68 Å². The minimum absolute atomic E-state index is 0.0925. The van der Waals surface area contributed by atoms with Gasteiger partial charge in [-0.15, -0.1) is 5.10 Å². The molecule has 96 valence electrons. The van der Waals surface area contributed by atoms with Crippen molar-refractivity contribution in [3.8, 4) is 0 Å². The van der Waals surface area contributed by atoms with Crippen LogP contribution in [0.25, 0.3) is 0 Å². The van der Waals surface area contributed by atoms with E-state index in [2.05, 4.69) is 15.6 Å². The molecule has 0 radical (unpaired) electrons. The first-order valence-electron chi connectivity index (χ1n) is 6.20. The minimum Gasteiger partial charge on any atom is -0.394 e. The lowest BCUT2D eigenvalue weighted by Crippen LogP contribution is -2.20. The van der Waals surface area contributed by atoms with E-state index >= 15 is 0 Å². The van der Waals surface area contributed by atoms with Crippen LogP contribution in [-0.4, -0.2) is 46.0 Å². The summed E-state index contributed by atoms with van der Waals surface area (Å²) in [5, 5.41) is 20.0. The largest absolute Gasteiger partial charge is 0.394 e. The molecular weight excluding hydrogens is 220 g/mol. The third kappa shape index (κ3) is 4.07. The van der Waals surface area contributed by atoms with Gasteiger partial charge in [0.05, 0.1) is 24.9 Å². The van der Waals surface area contributed by atoms with E-state index in [9.17, 15) is 0 Å². The molecule has 0 aromatic carbocycles. The van der Waals surface area contributed by atoms with Crippen molar-refractivity contribution in [3.05, 3.63) is 11.9 Å². The van der Waals surface area contributed by atoms with Crippen LogP contribution in [0.3, 0.4) is 0 Å². The van der Waals surface area contributed by atoms with Gasteiger partial charge in [0, 0.05) is 19.3 Å². The monoisotopic (exact) mass is 240 g/mol. The number of rotatable bonds is 7. The Labute approximate surface area is 101 Å². The van der Waals surface area contributed by atoms with Crippen LogP contribution in [0, 0.1) is 0 Å². The zero-order chi connectivity index (χ0) is 11.9. The van der Waals surface area contributed by atoms with Crippen molar-refractivity contribution < 1.29 is 9.84 Å². The van der Waals surface area contributed by atoms with E-state index in [0.29, 0.717) is 12.6 Å². The molecule has 1 aliphatic heterocycles. The molecule has 1 aromatic heterocycles. The van der Waals surface area contributed by atoms with Crippen LogP contribution in [-0.2, 0) is 17.8 Å². The number of hydrogen-bond acceptors (Lipinski definition) is 5. The molecule has 2 heterocycles. The van der Waals surface area contributed by atoms with Crippen LogP contribution in [0.2, 0.25) is 0 Å². The minimum atomic E-state index is 0.0925. The van der Waals surface area contributed by atoms with Gasteiger partial charge < -0.3 is 15.2 Å². The van der Waals surface area contributed by atoms with Gasteiger partial charge >= 0.3 is 0 Å². The fourth-order valence-corrected chi connectivity index (χ4v) is 1.98. The molecule has 0 spiro atoms. The van der Waals surface area contributed by atoms with Crippen LogP contribution >= 0.6 is 0 Å². The van der Waals surface area contributed by atoms with Crippen molar-refractivity contribution in [1.29, 1.82) is 0 Å². The van der Waals surface area contributed by atoms with Crippen molar-refractivity contribution in [2.75, 3.05) is 19.8 Å². The topological polar surface area (TPSA) is 72.2 Å². The lowest BCUT2D eigenvalue weighted by atomic mass is 10.2. The molecule has 1 aromatic rings. The predicted octanol–water partition coefficient (Wildman–Crippen LogP) is -0.0709. The maximum absolute atomic E-state index is 8.75. The van der Waals surface area contributed by atoms with Crippen LogP contribution < -0.4 is 5.32 Å². The lowest BCUT2D eigenvalue weighted by molar-refractivity contribution is 0.104. The molecule has 0 bridgehead atoms. The number of aliphatic hydroxyl groups is 1. The summed E-state index contributed by atoms with van der Waals surface area (Å²) in [7, 11) is 0. The number of nitrogens with zero attached hydrogens (tertiary/aromatic N) is 3. The van der Waals surface area contributed by atoms with Gasteiger partial charge in [0.2, 0.25) is 0 Å². The van der Waals surface area contributed by atoms with Crippen LogP contribution in [0.4, 0.5) is 0 Å². The first kappa shape index (κ1) is 12.5. The summed E-state index contributed by atoms with van der Waals surface area (Å²) >= 11 is 0. The zero-order valence-electron chi connectivity index (χ0n) is 10.0.